The smallest absolute Gasteiger partial charge is 0.317 e. The second kappa shape index (κ2) is 5.91. The van der Waals surface area contributed by atoms with E-state index >= 15 is 0 Å². The fourth-order valence-corrected chi connectivity index (χ4v) is 3.25. The molecule has 1 saturated heterocycles. The van der Waals surface area contributed by atoms with Crippen LogP contribution in [0.25, 0.3) is 0 Å². The lowest BCUT2D eigenvalue weighted by atomic mass is 10.1. The van der Waals surface area contributed by atoms with E-state index in [1.807, 2.05) is 13.8 Å². The summed E-state index contributed by atoms with van der Waals surface area (Å²) in [6.07, 6.45) is 3.97. The molecule has 0 bridgehead atoms. The summed E-state index contributed by atoms with van der Waals surface area (Å²) in [6.45, 7) is 3.48. The zero-order valence-electron chi connectivity index (χ0n) is 12.0. The van der Waals surface area contributed by atoms with Gasteiger partial charge in [-0.2, -0.15) is 0 Å². The van der Waals surface area contributed by atoms with Gasteiger partial charge >= 0.3 is 5.97 Å². The number of amides is 2. The van der Waals surface area contributed by atoms with Crippen molar-refractivity contribution in [1.82, 2.24) is 9.80 Å². The van der Waals surface area contributed by atoms with Crippen LogP contribution in [0, 0.1) is 0 Å². The van der Waals surface area contributed by atoms with E-state index < -0.39 is 12.0 Å². The Balaban J connectivity index is 2.14. The van der Waals surface area contributed by atoms with E-state index in [0.29, 0.717) is 0 Å². The number of carboxylic acids is 1. The first-order chi connectivity index (χ1) is 9.41. The summed E-state index contributed by atoms with van der Waals surface area (Å²) < 4.78 is 0. The molecule has 0 radical (unpaired) electrons. The molecule has 6 heteroatoms. The van der Waals surface area contributed by atoms with Crippen LogP contribution < -0.4 is 0 Å². The van der Waals surface area contributed by atoms with Crippen molar-refractivity contribution < 1.29 is 19.5 Å². The molecule has 2 amide bonds. The summed E-state index contributed by atoms with van der Waals surface area (Å²) in [5, 5.41) is 8.97. The number of nitrogens with zero attached hydrogens (tertiary/aromatic N) is 2. The Morgan fingerprint density at radius 1 is 1.35 bits per heavy atom. The van der Waals surface area contributed by atoms with E-state index in [4.69, 9.17) is 5.11 Å². The number of aliphatic carboxylic acids is 1. The van der Waals surface area contributed by atoms with Crippen molar-refractivity contribution in [2.24, 2.45) is 0 Å². The number of likely N-dealkylation sites (tertiary alicyclic amines) is 1. The molecule has 1 unspecified atom stereocenters. The minimum atomic E-state index is -0.974. The van der Waals surface area contributed by atoms with Gasteiger partial charge in [-0.05, 0) is 26.7 Å². The highest BCUT2D eigenvalue weighted by Crippen LogP contribution is 2.30. The molecule has 2 rings (SSSR count). The fraction of sp³-hybridized carbons (Fsp3) is 0.786. The normalized spacial score (nSPS) is 24.4. The Bertz CT molecular complexity index is 415. The van der Waals surface area contributed by atoms with Gasteiger partial charge in [0.05, 0.1) is 19.0 Å². The van der Waals surface area contributed by atoms with Crippen molar-refractivity contribution in [1.29, 1.82) is 0 Å². The molecule has 1 aliphatic heterocycles. The van der Waals surface area contributed by atoms with Crippen LogP contribution in [0.3, 0.4) is 0 Å². The first kappa shape index (κ1) is 15.0. The Hall–Kier alpha value is -1.43. The van der Waals surface area contributed by atoms with Crippen molar-refractivity contribution in [3.8, 4) is 0 Å². The molecule has 1 atom stereocenters. The summed E-state index contributed by atoms with van der Waals surface area (Å²) in [4.78, 5) is 38.6. The van der Waals surface area contributed by atoms with E-state index in [-0.39, 0.29) is 36.9 Å². The van der Waals surface area contributed by atoms with Gasteiger partial charge in [0.2, 0.25) is 11.8 Å². The van der Waals surface area contributed by atoms with Crippen LogP contribution in [0.2, 0.25) is 0 Å². The molecule has 1 heterocycles. The van der Waals surface area contributed by atoms with Crippen LogP contribution in [0.1, 0.15) is 46.0 Å². The Kier molecular flexibility index (Phi) is 4.42. The highest BCUT2D eigenvalue weighted by molar-refractivity contribution is 6.06. The number of hydrogen-bond donors (Lipinski definition) is 1. The Morgan fingerprint density at radius 3 is 2.45 bits per heavy atom. The van der Waals surface area contributed by atoms with Crippen LogP contribution >= 0.6 is 0 Å². The lowest BCUT2D eigenvalue weighted by molar-refractivity contribution is -0.143. The third-order valence-corrected chi connectivity index (χ3v) is 4.23. The molecule has 0 aromatic carbocycles. The molecule has 112 valence electrons. The standard InChI is InChI=1S/C14H22N2O4/c1-9(2)15(8-13(18)19)11-7-12(17)16(14(11)20)10-5-3-4-6-10/h9-11H,3-8H2,1-2H3,(H,18,19). The van der Waals surface area contributed by atoms with E-state index in [2.05, 4.69) is 0 Å². The predicted molar refractivity (Wildman–Crippen MR) is 72.0 cm³/mol. The molecule has 1 saturated carbocycles. The Labute approximate surface area is 118 Å². The summed E-state index contributed by atoms with van der Waals surface area (Å²) in [5.41, 5.74) is 0. The molecule has 1 N–H and O–H groups in total. The lowest BCUT2D eigenvalue weighted by Gasteiger charge is -2.30. The second-order valence-corrected chi connectivity index (χ2v) is 5.92. The zero-order valence-corrected chi connectivity index (χ0v) is 12.0. The number of rotatable bonds is 5. The summed E-state index contributed by atoms with van der Waals surface area (Å²) in [7, 11) is 0. The number of imide groups is 1. The minimum Gasteiger partial charge on any atom is -0.480 e. The molecule has 2 fully saturated rings. The molecule has 20 heavy (non-hydrogen) atoms. The van der Waals surface area contributed by atoms with Gasteiger partial charge in [-0.1, -0.05) is 12.8 Å². The topological polar surface area (TPSA) is 77.9 Å². The van der Waals surface area contributed by atoms with Gasteiger partial charge in [0.15, 0.2) is 0 Å². The van der Waals surface area contributed by atoms with Crippen molar-refractivity contribution in [2.75, 3.05) is 6.54 Å². The number of carbonyl (C=O) groups is 3. The molecule has 0 spiro atoms. The summed E-state index contributed by atoms with van der Waals surface area (Å²) >= 11 is 0. The maximum atomic E-state index is 12.5. The second-order valence-electron chi connectivity index (χ2n) is 5.92. The van der Waals surface area contributed by atoms with Crippen molar-refractivity contribution >= 4 is 17.8 Å². The zero-order chi connectivity index (χ0) is 14.9. The van der Waals surface area contributed by atoms with Gasteiger partial charge in [-0.3, -0.25) is 24.2 Å². The maximum Gasteiger partial charge on any atom is 0.317 e. The molecular formula is C14H22N2O4. The quantitative estimate of drug-likeness (QED) is 0.756. The number of hydrogen-bond acceptors (Lipinski definition) is 4. The van der Waals surface area contributed by atoms with E-state index in [1.165, 1.54) is 4.90 Å². The van der Waals surface area contributed by atoms with Gasteiger partial charge in [-0.25, -0.2) is 0 Å². The van der Waals surface area contributed by atoms with Crippen molar-refractivity contribution in [3.05, 3.63) is 0 Å². The SMILES string of the molecule is CC(C)N(CC(=O)O)C1CC(=O)N(C2CCCC2)C1=O. The number of carboxylic acid groups (broad SMARTS) is 1. The third-order valence-electron chi connectivity index (χ3n) is 4.23. The van der Waals surface area contributed by atoms with Gasteiger partial charge < -0.3 is 5.11 Å². The van der Waals surface area contributed by atoms with E-state index in [1.54, 1.807) is 4.90 Å². The van der Waals surface area contributed by atoms with Crippen LogP contribution in [0.4, 0.5) is 0 Å². The molecule has 0 aromatic rings. The van der Waals surface area contributed by atoms with Crippen molar-refractivity contribution in [3.63, 3.8) is 0 Å². The molecule has 6 nitrogen and oxygen atoms in total. The van der Waals surface area contributed by atoms with Gasteiger partial charge in [0.25, 0.3) is 0 Å². The van der Waals surface area contributed by atoms with Crippen LogP contribution in [0.5, 0.6) is 0 Å². The molecule has 0 aromatic heterocycles. The van der Waals surface area contributed by atoms with Crippen LogP contribution in [-0.2, 0) is 14.4 Å². The molecule has 2 aliphatic rings. The minimum absolute atomic E-state index is 0.0267. The number of carbonyl (C=O) groups excluding carboxylic acids is 2. The van der Waals surface area contributed by atoms with Crippen molar-refractivity contribution in [2.45, 2.75) is 64.1 Å². The highest BCUT2D eigenvalue weighted by Gasteiger charge is 2.46. The van der Waals surface area contributed by atoms with E-state index in [0.717, 1.165) is 25.7 Å². The largest absolute Gasteiger partial charge is 0.480 e. The summed E-state index contributed by atoms with van der Waals surface area (Å²) in [6, 6.07) is -0.672. The molecular weight excluding hydrogens is 260 g/mol. The fourth-order valence-electron chi connectivity index (χ4n) is 3.25. The first-order valence-electron chi connectivity index (χ1n) is 7.25. The van der Waals surface area contributed by atoms with Crippen LogP contribution in [-0.4, -0.2) is 57.4 Å². The van der Waals surface area contributed by atoms with Gasteiger partial charge in [0, 0.05) is 12.1 Å². The average Bonchev–Trinajstić information content (AvgIpc) is 2.94. The monoisotopic (exact) mass is 282 g/mol. The average molecular weight is 282 g/mol. The first-order valence-corrected chi connectivity index (χ1v) is 7.25. The predicted octanol–water partition coefficient (Wildman–Crippen LogP) is 0.851. The molecule has 1 aliphatic carbocycles. The third kappa shape index (κ3) is 2.85. The van der Waals surface area contributed by atoms with Crippen LogP contribution in [0.15, 0.2) is 0 Å². The van der Waals surface area contributed by atoms with Gasteiger partial charge in [0.1, 0.15) is 0 Å². The lowest BCUT2D eigenvalue weighted by Crippen LogP contribution is -2.49. The summed E-state index contributed by atoms with van der Waals surface area (Å²) in [5.74, 6) is -1.34. The Morgan fingerprint density at radius 2 is 1.95 bits per heavy atom. The van der Waals surface area contributed by atoms with Gasteiger partial charge in [-0.15, -0.1) is 0 Å². The highest BCUT2D eigenvalue weighted by atomic mass is 16.4. The van der Waals surface area contributed by atoms with E-state index in [9.17, 15) is 14.4 Å². The maximum absolute atomic E-state index is 12.5.